The van der Waals surface area contributed by atoms with Gasteiger partial charge in [0.25, 0.3) is 0 Å². The van der Waals surface area contributed by atoms with Gasteiger partial charge in [-0.05, 0) is 12.1 Å². The predicted molar refractivity (Wildman–Crippen MR) is 73.2 cm³/mol. The summed E-state index contributed by atoms with van der Waals surface area (Å²) in [6, 6.07) is 3.78. The number of nitrogens with zero attached hydrogens (tertiary/aromatic N) is 2. The number of hydrogen-bond acceptors (Lipinski definition) is 6. The van der Waals surface area contributed by atoms with Gasteiger partial charge in [0.2, 0.25) is 0 Å². The topological polar surface area (TPSA) is 63.8 Å². The molecule has 0 saturated carbocycles. The SMILES string of the molecule is NNc1nc(-c2ccc(Cl)s2)nc2c1CSC2. The van der Waals surface area contributed by atoms with Crippen LogP contribution in [0.3, 0.4) is 0 Å². The van der Waals surface area contributed by atoms with Crippen LogP contribution < -0.4 is 11.3 Å². The molecule has 3 rings (SSSR count). The van der Waals surface area contributed by atoms with Crippen LogP contribution in [-0.2, 0) is 11.5 Å². The highest BCUT2D eigenvalue weighted by Crippen LogP contribution is 2.36. The first kappa shape index (κ1) is 11.3. The van der Waals surface area contributed by atoms with Crippen molar-refractivity contribution >= 4 is 40.5 Å². The van der Waals surface area contributed by atoms with Gasteiger partial charge in [-0.2, -0.15) is 11.8 Å². The molecule has 0 bridgehead atoms. The summed E-state index contributed by atoms with van der Waals surface area (Å²) in [4.78, 5) is 9.97. The number of fused-ring (bicyclic) bond motifs is 1. The van der Waals surface area contributed by atoms with Crippen LogP contribution in [0.15, 0.2) is 12.1 Å². The molecule has 88 valence electrons. The van der Waals surface area contributed by atoms with Crippen LogP contribution in [0.1, 0.15) is 11.3 Å². The summed E-state index contributed by atoms with van der Waals surface area (Å²) in [5.74, 6) is 8.75. The molecule has 4 nitrogen and oxygen atoms in total. The number of rotatable bonds is 2. The molecular weight excluding hydrogens is 276 g/mol. The molecule has 17 heavy (non-hydrogen) atoms. The minimum Gasteiger partial charge on any atom is -0.308 e. The Kier molecular flexibility index (Phi) is 2.96. The van der Waals surface area contributed by atoms with Gasteiger partial charge in [0.05, 0.1) is 14.9 Å². The first-order valence-electron chi connectivity index (χ1n) is 4.98. The maximum Gasteiger partial charge on any atom is 0.172 e. The van der Waals surface area contributed by atoms with Gasteiger partial charge in [0.1, 0.15) is 5.82 Å². The van der Waals surface area contributed by atoms with Gasteiger partial charge >= 0.3 is 0 Å². The molecule has 0 unspecified atom stereocenters. The van der Waals surface area contributed by atoms with Crippen molar-refractivity contribution in [1.82, 2.24) is 9.97 Å². The van der Waals surface area contributed by atoms with Crippen molar-refractivity contribution in [2.45, 2.75) is 11.5 Å². The van der Waals surface area contributed by atoms with E-state index in [4.69, 9.17) is 17.4 Å². The highest BCUT2D eigenvalue weighted by Gasteiger charge is 2.20. The molecule has 0 saturated heterocycles. The van der Waals surface area contributed by atoms with Crippen molar-refractivity contribution in [3.8, 4) is 10.7 Å². The largest absolute Gasteiger partial charge is 0.308 e. The standard InChI is InChI=1S/C10H9ClN4S2/c11-8-2-1-7(17-8)10-13-6-4-16-3-5(6)9(14-10)15-12/h1-2H,3-4,12H2,(H,13,14,15). The molecule has 2 aromatic rings. The van der Waals surface area contributed by atoms with E-state index in [1.54, 1.807) is 0 Å². The van der Waals surface area contributed by atoms with E-state index in [2.05, 4.69) is 15.4 Å². The summed E-state index contributed by atoms with van der Waals surface area (Å²) in [6.07, 6.45) is 0. The zero-order chi connectivity index (χ0) is 11.8. The second-order valence-electron chi connectivity index (χ2n) is 3.56. The van der Waals surface area contributed by atoms with Gasteiger partial charge in [0, 0.05) is 17.1 Å². The first-order chi connectivity index (χ1) is 8.28. The van der Waals surface area contributed by atoms with Crippen molar-refractivity contribution in [2.24, 2.45) is 5.84 Å². The number of aromatic nitrogens is 2. The van der Waals surface area contributed by atoms with Gasteiger partial charge < -0.3 is 5.43 Å². The zero-order valence-corrected chi connectivity index (χ0v) is 11.1. The minimum absolute atomic E-state index is 0.691. The summed E-state index contributed by atoms with van der Waals surface area (Å²) >= 11 is 9.21. The van der Waals surface area contributed by atoms with Crippen LogP contribution in [-0.4, -0.2) is 9.97 Å². The van der Waals surface area contributed by atoms with Crippen LogP contribution in [0.25, 0.3) is 10.7 Å². The lowest BCUT2D eigenvalue weighted by molar-refractivity contribution is 1.06. The van der Waals surface area contributed by atoms with Crippen LogP contribution in [0, 0.1) is 0 Å². The Labute approximate surface area is 112 Å². The maximum absolute atomic E-state index is 5.92. The first-order valence-corrected chi connectivity index (χ1v) is 7.32. The normalized spacial score (nSPS) is 13.8. The lowest BCUT2D eigenvalue weighted by Crippen LogP contribution is -2.12. The second-order valence-corrected chi connectivity index (χ2v) is 6.26. The molecule has 0 aromatic carbocycles. The number of thiophene rings is 1. The Hall–Kier alpha value is -0.820. The number of thioether (sulfide) groups is 1. The third-order valence-electron chi connectivity index (χ3n) is 2.51. The molecule has 0 atom stereocenters. The Morgan fingerprint density at radius 2 is 2.18 bits per heavy atom. The van der Waals surface area contributed by atoms with E-state index in [0.29, 0.717) is 5.82 Å². The van der Waals surface area contributed by atoms with Gasteiger partial charge in [-0.3, -0.25) is 0 Å². The number of anilines is 1. The smallest absolute Gasteiger partial charge is 0.172 e. The zero-order valence-electron chi connectivity index (χ0n) is 8.74. The van der Waals surface area contributed by atoms with Crippen LogP contribution in [0.5, 0.6) is 0 Å². The maximum atomic E-state index is 5.92. The fourth-order valence-electron chi connectivity index (χ4n) is 1.72. The fraction of sp³-hybridized carbons (Fsp3) is 0.200. The fourth-order valence-corrected chi connectivity index (χ4v) is 3.73. The number of halogens is 1. The molecule has 3 heterocycles. The Morgan fingerprint density at radius 1 is 1.29 bits per heavy atom. The van der Waals surface area contributed by atoms with Crippen molar-refractivity contribution in [1.29, 1.82) is 0 Å². The average molecular weight is 285 g/mol. The molecule has 0 amide bonds. The average Bonchev–Trinajstić information content (AvgIpc) is 2.95. The Bertz CT molecular complexity index is 569. The minimum atomic E-state index is 0.691. The predicted octanol–water partition coefficient (Wildman–Crippen LogP) is 2.89. The molecule has 0 spiro atoms. The van der Waals surface area contributed by atoms with E-state index in [1.165, 1.54) is 11.3 Å². The third-order valence-corrected chi connectivity index (χ3v) is 4.71. The van der Waals surface area contributed by atoms with Crippen LogP contribution in [0.4, 0.5) is 5.82 Å². The summed E-state index contributed by atoms with van der Waals surface area (Å²) in [7, 11) is 0. The molecule has 1 aliphatic heterocycles. The molecule has 3 N–H and O–H groups in total. The van der Waals surface area contributed by atoms with Gasteiger partial charge in [-0.1, -0.05) is 11.6 Å². The van der Waals surface area contributed by atoms with Crippen molar-refractivity contribution in [3.63, 3.8) is 0 Å². The number of nitrogens with two attached hydrogens (primary N) is 1. The summed E-state index contributed by atoms with van der Waals surface area (Å²) in [5.41, 5.74) is 4.83. The Balaban J connectivity index is 2.12. The van der Waals surface area contributed by atoms with Crippen molar-refractivity contribution < 1.29 is 0 Å². The number of nitrogens with one attached hydrogen (secondary N) is 1. The highest BCUT2D eigenvalue weighted by atomic mass is 35.5. The van der Waals surface area contributed by atoms with Gasteiger partial charge in [-0.15, -0.1) is 11.3 Å². The summed E-state index contributed by atoms with van der Waals surface area (Å²) < 4.78 is 0.737. The van der Waals surface area contributed by atoms with E-state index < -0.39 is 0 Å². The van der Waals surface area contributed by atoms with Crippen LogP contribution >= 0.6 is 34.7 Å². The molecule has 7 heteroatoms. The van der Waals surface area contributed by atoms with E-state index >= 15 is 0 Å². The van der Waals surface area contributed by atoms with E-state index in [0.717, 1.165) is 37.8 Å². The summed E-state index contributed by atoms with van der Waals surface area (Å²) in [6.45, 7) is 0. The number of hydrogen-bond donors (Lipinski definition) is 2. The quantitative estimate of drug-likeness (QED) is 0.656. The van der Waals surface area contributed by atoms with Gasteiger partial charge in [-0.25, -0.2) is 15.8 Å². The van der Waals surface area contributed by atoms with E-state index in [-0.39, 0.29) is 0 Å². The molecule has 0 aliphatic carbocycles. The third kappa shape index (κ3) is 2.01. The van der Waals surface area contributed by atoms with E-state index in [1.807, 2.05) is 23.9 Å². The number of nitrogen functional groups attached to an aromatic ring is 1. The van der Waals surface area contributed by atoms with Crippen LogP contribution in [0.2, 0.25) is 4.34 Å². The van der Waals surface area contributed by atoms with Crippen molar-refractivity contribution in [3.05, 3.63) is 27.7 Å². The molecule has 1 aliphatic rings. The monoisotopic (exact) mass is 284 g/mol. The second kappa shape index (κ2) is 4.45. The molecule has 0 radical (unpaired) electrons. The highest BCUT2D eigenvalue weighted by molar-refractivity contribution is 7.98. The lowest BCUT2D eigenvalue weighted by atomic mass is 10.2. The van der Waals surface area contributed by atoms with E-state index in [9.17, 15) is 0 Å². The lowest BCUT2D eigenvalue weighted by Gasteiger charge is -2.07. The number of hydrazine groups is 1. The summed E-state index contributed by atoms with van der Waals surface area (Å²) in [5, 5.41) is 0. The van der Waals surface area contributed by atoms with Crippen molar-refractivity contribution in [2.75, 3.05) is 5.43 Å². The molecular formula is C10H9ClN4S2. The molecule has 0 fully saturated rings. The Morgan fingerprint density at radius 3 is 2.88 bits per heavy atom. The van der Waals surface area contributed by atoms with Gasteiger partial charge in [0.15, 0.2) is 5.82 Å². The molecule has 2 aromatic heterocycles.